The second-order valence-electron chi connectivity index (χ2n) is 8.32. The summed E-state index contributed by atoms with van der Waals surface area (Å²) in [5.41, 5.74) is 1.73. The number of nitrogens with zero attached hydrogens (tertiary/aromatic N) is 3. The lowest BCUT2D eigenvalue weighted by atomic mass is 9.75. The lowest BCUT2D eigenvalue weighted by molar-refractivity contribution is -0.00350. The molecule has 1 amide bonds. The number of halogens is 2. The lowest BCUT2D eigenvalue weighted by Crippen LogP contribution is -2.60. The summed E-state index contributed by atoms with van der Waals surface area (Å²) < 4.78 is 33.1. The predicted molar refractivity (Wildman–Crippen MR) is 98.0 cm³/mol. The Hall–Kier alpha value is -2.28. The number of hydrogen-bond acceptors (Lipinski definition) is 4. The lowest BCUT2D eigenvalue weighted by Gasteiger charge is -2.51. The third kappa shape index (κ3) is 2.59. The topological polar surface area (TPSA) is 49.6 Å². The van der Waals surface area contributed by atoms with Gasteiger partial charge in [0.15, 0.2) is 0 Å². The van der Waals surface area contributed by atoms with E-state index in [2.05, 4.69) is 10.1 Å². The molecule has 7 heteroatoms. The Kier molecular flexibility index (Phi) is 4.05. The van der Waals surface area contributed by atoms with Gasteiger partial charge in [-0.05, 0) is 63.4 Å². The normalized spacial score (nSPS) is 31.3. The number of amides is 1. The number of likely N-dealkylation sites (tertiary alicyclic amines) is 1. The number of benzene rings is 1. The molecular weight excluding hydrogens is 364 g/mol. The van der Waals surface area contributed by atoms with Crippen molar-refractivity contribution in [2.45, 2.75) is 44.7 Å². The highest BCUT2D eigenvalue weighted by Crippen LogP contribution is 2.47. The second kappa shape index (κ2) is 6.37. The van der Waals surface area contributed by atoms with Gasteiger partial charge in [-0.15, -0.1) is 0 Å². The number of carbonyl (C=O) groups excluding carboxylic acids is 1. The van der Waals surface area contributed by atoms with E-state index in [0.717, 1.165) is 32.0 Å². The van der Waals surface area contributed by atoms with Crippen molar-refractivity contribution in [3.63, 3.8) is 0 Å². The smallest absolute Gasteiger partial charge is 0.259 e. The molecule has 0 aliphatic carbocycles. The maximum absolute atomic E-state index is 13.9. The first-order chi connectivity index (χ1) is 13.4. The Morgan fingerprint density at radius 3 is 2.39 bits per heavy atom. The summed E-state index contributed by atoms with van der Waals surface area (Å²) in [5.74, 6) is -0.401. The van der Waals surface area contributed by atoms with Crippen LogP contribution in [0.3, 0.4) is 0 Å². The van der Waals surface area contributed by atoms with E-state index in [1.807, 2.05) is 4.90 Å². The number of fused-ring (bicyclic) bond motifs is 2. The Labute approximate surface area is 162 Å². The van der Waals surface area contributed by atoms with E-state index in [9.17, 15) is 13.6 Å². The summed E-state index contributed by atoms with van der Waals surface area (Å²) in [7, 11) is 0. The van der Waals surface area contributed by atoms with Crippen LogP contribution in [0.5, 0.6) is 0 Å². The molecule has 4 saturated heterocycles. The Morgan fingerprint density at radius 1 is 1.11 bits per heavy atom. The maximum Gasteiger partial charge on any atom is 0.259 e. The SMILES string of the molecule is Cc1noc(C)c1C(=O)N1C[C@@H](c2cc(F)cc(F)c2)[C@@H]2[C@H]1C1CCN2CC1. The van der Waals surface area contributed by atoms with Gasteiger partial charge in [0.25, 0.3) is 5.91 Å². The van der Waals surface area contributed by atoms with Crippen LogP contribution >= 0.6 is 0 Å². The fourth-order valence-corrected chi connectivity index (χ4v) is 5.67. The van der Waals surface area contributed by atoms with Crippen molar-refractivity contribution in [2.75, 3.05) is 19.6 Å². The number of rotatable bonds is 2. The van der Waals surface area contributed by atoms with E-state index in [0.29, 0.717) is 35.0 Å². The summed E-state index contributed by atoms with van der Waals surface area (Å²) in [4.78, 5) is 17.8. The summed E-state index contributed by atoms with van der Waals surface area (Å²) in [5, 5.41) is 3.93. The van der Waals surface area contributed by atoms with Gasteiger partial charge < -0.3 is 9.42 Å². The van der Waals surface area contributed by atoms with Crippen LogP contribution in [0.2, 0.25) is 0 Å². The first-order valence-electron chi connectivity index (χ1n) is 9.88. The minimum atomic E-state index is -0.571. The molecule has 2 aromatic rings. The molecule has 3 atom stereocenters. The van der Waals surface area contributed by atoms with Gasteiger partial charge in [0.1, 0.15) is 23.0 Å². The molecule has 4 fully saturated rings. The molecule has 4 aliphatic heterocycles. The summed E-state index contributed by atoms with van der Waals surface area (Å²) in [6, 6.07) is 3.88. The zero-order chi connectivity index (χ0) is 19.6. The van der Waals surface area contributed by atoms with Crippen LogP contribution in [0.25, 0.3) is 0 Å². The van der Waals surface area contributed by atoms with Gasteiger partial charge in [0.2, 0.25) is 0 Å². The molecule has 2 bridgehead atoms. The zero-order valence-corrected chi connectivity index (χ0v) is 16.0. The van der Waals surface area contributed by atoms with Crippen molar-refractivity contribution >= 4 is 5.91 Å². The van der Waals surface area contributed by atoms with Crippen LogP contribution in [0.15, 0.2) is 22.7 Å². The largest absolute Gasteiger partial charge is 0.361 e. The van der Waals surface area contributed by atoms with E-state index in [4.69, 9.17) is 4.52 Å². The van der Waals surface area contributed by atoms with Gasteiger partial charge in [-0.1, -0.05) is 5.16 Å². The maximum atomic E-state index is 13.9. The van der Waals surface area contributed by atoms with Crippen molar-refractivity contribution in [2.24, 2.45) is 5.92 Å². The molecule has 4 aliphatic rings. The van der Waals surface area contributed by atoms with Crippen LogP contribution < -0.4 is 0 Å². The van der Waals surface area contributed by atoms with Crippen molar-refractivity contribution in [1.82, 2.24) is 15.0 Å². The molecule has 0 spiro atoms. The Morgan fingerprint density at radius 2 is 1.79 bits per heavy atom. The van der Waals surface area contributed by atoms with Crippen LogP contribution in [0.4, 0.5) is 8.78 Å². The molecule has 28 heavy (non-hydrogen) atoms. The average molecular weight is 387 g/mol. The van der Waals surface area contributed by atoms with E-state index in [1.165, 1.54) is 12.1 Å². The molecule has 1 aromatic carbocycles. The van der Waals surface area contributed by atoms with E-state index in [-0.39, 0.29) is 23.9 Å². The Balaban J connectivity index is 1.57. The number of carbonyl (C=O) groups is 1. The third-order valence-corrected chi connectivity index (χ3v) is 6.82. The average Bonchev–Trinajstić information content (AvgIpc) is 3.24. The molecule has 0 saturated carbocycles. The van der Waals surface area contributed by atoms with Gasteiger partial charge in [-0.25, -0.2) is 8.78 Å². The molecule has 5 heterocycles. The van der Waals surface area contributed by atoms with Gasteiger partial charge in [-0.3, -0.25) is 9.69 Å². The van der Waals surface area contributed by atoms with Crippen LogP contribution in [-0.2, 0) is 0 Å². The number of aryl methyl sites for hydroxylation is 2. The quantitative estimate of drug-likeness (QED) is 0.794. The van der Waals surface area contributed by atoms with Gasteiger partial charge in [0.05, 0.1) is 11.7 Å². The monoisotopic (exact) mass is 387 g/mol. The van der Waals surface area contributed by atoms with Crippen molar-refractivity contribution < 1.29 is 18.1 Å². The minimum Gasteiger partial charge on any atom is -0.361 e. The first-order valence-corrected chi connectivity index (χ1v) is 9.88. The molecule has 1 aromatic heterocycles. The molecule has 6 rings (SSSR count). The highest BCUT2D eigenvalue weighted by molar-refractivity contribution is 5.96. The van der Waals surface area contributed by atoms with Crippen LogP contribution in [-0.4, -0.2) is 52.6 Å². The molecular formula is C21H23F2N3O2. The minimum absolute atomic E-state index is 0.0556. The van der Waals surface area contributed by atoms with E-state index < -0.39 is 11.6 Å². The number of aromatic nitrogens is 1. The highest BCUT2D eigenvalue weighted by Gasteiger charge is 2.55. The molecule has 0 radical (unpaired) electrons. The highest BCUT2D eigenvalue weighted by atomic mass is 19.1. The van der Waals surface area contributed by atoms with E-state index >= 15 is 0 Å². The van der Waals surface area contributed by atoms with Crippen molar-refractivity contribution in [3.05, 3.63) is 52.4 Å². The summed E-state index contributed by atoms with van der Waals surface area (Å²) in [6.07, 6.45) is 2.10. The molecule has 148 valence electrons. The van der Waals surface area contributed by atoms with Gasteiger partial charge in [-0.2, -0.15) is 0 Å². The zero-order valence-electron chi connectivity index (χ0n) is 16.0. The molecule has 0 N–H and O–H groups in total. The van der Waals surface area contributed by atoms with Crippen molar-refractivity contribution in [1.29, 1.82) is 0 Å². The molecule has 0 unspecified atom stereocenters. The number of piperidine rings is 3. The molecule has 5 nitrogen and oxygen atoms in total. The van der Waals surface area contributed by atoms with Gasteiger partial charge >= 0.3 is 0 Å². The summed E-state index contributed by atoms with van der Waals surface area (Å²) in [6.45, 7) is 5.93. The first kappa shape index (κ1) is 17.8. The predicted octanol–water partition coefficient (Wildman–Crippen LogP) is 3.27. The fraction of sp³-hybridized carbons (Fsp3) is 0.524. The van der Waals surface area contributed by atoms with Crippen molar-refractivity contribution in [3.8, 4) is 0 Å². The van der Waals surface area contributed by atoms with Crippen LogP contribution in [0.1, 0.15) is 46.1 Å². The van der Waals surface area contributed by atoms with E-state index in [1.54, 1.807) is 13.8 Å². The third-order valence-electron chi connectivity index (χ3n) is 6.82. The van der Waals surface area contributed by atoms with Crippen LogP contribution in [0, 0.1) is 31.4 Å². The standard InChI is InChI=1S/C21H23F2N3O2/c1-11-18(12(2)28-24-11)21(27)26-10-17(14-7-15(22)9-16(23)8-14)20-19(26)13-3-5-25(20)6-4-13/h7-9,13,17,19-20H,3-6,10H2,1-2H3/t17-,19+,20+/m0/s1. The second-order valence-corrected chi connectivity index (χ2v) is 8.32. The van der Waals surface area contributed by atoms with Gasteiger partial charge in [0, 0.05) is 24.6 Å². The Bertz CT molecular complexity index is 896. The number of hydrogen-bond donors (Lipinski definition) is 0. The summed E-state index contributed by atoms with van der Waals surface area (Å²) >= 11 is 0. The fourth-order valence-electron chi connectivity index (χ4n) is 5.67.